The van der Waals surface area contributed by atoms with Gasteiger partial charge in [0, 0.05) is 18.0 Å². The van der Waals surface area contributed by atoms with Crippen LogP contribution in [0, 0.1) is 17.2 Å². The third-order valence-corrected chi connectivity index (χ3v) is 6.99. The second kappa shape index (κ2) is 13.5. The second-order valence-electron chi connectivity index (χ2n) is 7.83. The van der Waals surface area contributed by atoms with Crippen LogP contribution in [-0.4, -0.2) is 43.9 Å². The Balaban J connectivity index is 2.06. The first kappa shape index (κ1) is 25.4. The van der Waals surface area contributed by atoms with E-state index in [1.807, 2.05) is 18.2 Å². The molecule has 8 heteroatoms. The molecule has 0 spiro atoms. The van der Waals surface area contributed by atoms with E-state index in [2.05, 4.69) is 44.5 Å². The molecular formula is C23H35N2O5P. The topological polar surface area (TPSA) is 73.2 Å². The maximum absolute atomic E-state index is 8.87. The normalized spacial score (nSPS) is 15.4. The predicted octanol–water partition coefficient (Wildman–Crippen LogP) is 5.38. The van der Waals surface area contributed by atoms with Crippen LogP contribution in [-0.2, 0) is 24.9 Å². The van der Waals surface area contributed by atoms with Gasteiger partial charge in [-0.25, -0.2) is 4.67 Å². The summed E-state index contributed by atoms with van der Waals surface area (Å²) in [5.74, 6) is 1.79. The molecule has 1 aliphatic rings. The molecule has 0 fully saturated rings. The first-order chi connectivity index (χ1) is 15.0. The van der Waals surface area contributed by atoms with Crippen LogP contribution >= 0.6 is 8.53 Å². The van der Waals surface area contributed by atoms with E-state index in [9.17, 15) is 0 Å². The lowest BCUT2D eigenvalue weighted by Gasteiger charge is -2.35. The molecule has 2 atom stereocenters. The summed E-state index contributed by atoms with van der Waals surface area (Å²) in [6.07, 6.45) is 3.55. The minimum atomic E-state index is -1.26. The molecule has 2 unspecified atom stereocenters. The lowest BCUT2D eigenvalue weighted by Crippen LogP contribution is -2.33. The number of allylic oxidation sites excluding steroid dienone is 1. The monoisotopic (exact) mass is 450 g/mol. The van der Waals surface area contributed by atoms with Crippen molar-refractivity contribution in [3.05, 3.63) is 41.9 Å². The van der Waals surface area contributed by atoms with Gasteiger partial charge in [-0.05, 0) is 52.2 Å². The Kier molecular flexibility index (Phi) is 11.1. The number of benzene rings is 1. The van der Waals surface area contributed by atoms with Crippen molar-refractivity contribution in [1.82, 2.24) is 4.67 Å². The van der Waals surface area contributed by atoms with E-state index in [0.717, 1.165) is 29.9 Å². The van der Waals surface area contributed by atoms with Crippen LogP contribution in [0.3, 0.4) is 0 Å². The first-order valence-corrected chi connectivity index (χ1v) is 11.9. The standard InChI is InChI=1S/C23H35N2O5P/c1-18(2)25(19(3)4)31(29-13-8-12-24)30-14-11-21(23-16-27-17-28-23)15-20-9-6-7-10-22(20)26-5/h6-7,9-10,16,18-19,21H,8,11,13-15,17H2,1-5H3. The third-order valence-electron chi connectivity index (χ3n) is 4.88. The van der Waals surface area contributed by atoms with Gasteiger partial charge >= 0.3 is 0 Å². The Morgan fingerprint density at radius 3 is 2.45 bits per heavy atom. The molecule has 172 valence electrons. The van der Waals surface area contributed by atoms with Crippen LogP contribution in [0.4, 0.5) is 0 Å². The average Bonchev–Trinajstić information content (AvgIpc) is 3.27. The van der Waals surface area contributed by atoms with Crippen molar-refractivity contribution >= 4 is 8.53 Å². The summed E-state index contributed by atoms with van der Waals surface area (Å²) in [4.78, 5) is 0. The fourth-order valence-corrected chi connectivity index (χ4v) is 5.14. The van der Waals surface area contributed by atoms with Gasteiger partial charge in [0.05, 0.1) is 32.8 Å². The lowest BCUT2D eigenvalue weighted by atomic mass is 9.94. The molecule has 2 rings (SSSR count). The zero-order valence-corrected chi connectivity index (χ0v) is 20.1. The molecule has 0 saturated heterocycles. The number of hydrogen-bond donors (Lipinski definition) is 0. The van der Waals surface area contributed by atoms with Crippen LogP contribution in [0.15, 0.2) is 36.3 Å². The lowest BCUT2D eigenvalue weighted by molar-refractivity contribution is 0.0676. The second-order valence-corrected chi connectivity index (χ2v) is 9.28. The van der Waals surface area contributed by atoms with E-state index in [1.54, 1.807) is 13.4 Å². The Morgan fingerprint density at radius 2 is 1.84 bits per heavy atom. The highest BCUT2D eigenvalue weighted by molar-refractivity contribution is 7.44. The van der Waals surface area contributed by atoms with Gasteiger partial charge in [0.15, 0.2) is 0 Å². The molecule has 1 aliphatic heterocycles. The highest BCUT2D eigenvalue weighted by Gasteiger charge is 2.28. The number of nitrogens with zero attached hydrogens (tertiary/aromatic N) is 2. The Bertz CT molecular complexity index is 727. The number of methoxy groups -OCH3 is 1. The molecule has 1 heterocycles. The van der Waals surface area contributed by atoms with E-state index in [1.165, 1.54) is 0 Å². The van der Waals surface area contributed by atoms with Crippen LogP contribution in [0.2, 0.25) is 0 Å². The Hall–Kier alpha value is -1.84. The Labute approximate surface area is 187 Å². The van der Waals surface area contributed by atoms with E-state index in [4.69, 9.17) is 28.5 Å². The number of ether oxygens (including phenoxy) is 3. The van der Waals surface area contributed by atoms with Crippen LogP contribution < -0.4 is 4.74 Å². The number of rotatable bonds is 14. The number of nitriles is 1. The van der Waals surface area contributed by atoms with E-state index in [-0.39, 0.29) is 24.8 Å². The summed E-state index contributed by atoms with van der Waals surface area (Å²) in [5.41, 5.74) is 1.12. The molecule has 7 nitrogen and oxygen atoms in total. The Morgan fingerprint density at radius 1 is 1.13 bits per heavy atom. The smallest absolute Gasteiger partial charge is 0.259 e. The molecule has 31 heavy (non-hydrogen) atoms. The number of para-hydroxylation sites is 1. The molecular weight excluding hydrogens is 415 g/mol. The molecule has 0 amide bonds. The minimum absolute atomic E-state index is 0.0984. The number of hydrogen-bond acceptors (Lipinski definition) is 7. The van der Waals surface area contributed by atoms with Crippen LogP contribution in [0.5, 0.6) is 5.75 Å². The summed E-state index contributed by atoms with van der Waals surface area (Å²) in [7, 11) is 0.424. The highest BCUT2D eigenvalue weighted by Crippen LogP contribution is 2.46. The molecule has 0 bridgehead atoms. The summed E-state index contributed by atoms with van der Waals surface area (Å²) >= 11 is 0. The fraction of sp³-hybridized carbons (Fsp3) is 0.609. The van der Waals surface area contributed by atoms with Crippen molar-refractivity contribution in [3.8, 4) is 11.8 Å². The summed E-state index contributed by atoms with van der Waals surface area (Å²) < 4.78 is 31.0. The van der Waals surface area contributed by atoms with Gasteiger partial charge in [0.25, 0.3) is 8.53 Å². The quantitative estimate of drug-likeness (QED) is 0.278. The predicted molar refractivity (Wildman–Crippen MR) is 121 cm³/mol. The van der Waals surface area contributed by atoms with Crippen molar-refractivity contribution in [2.75, 3.05) is 27.1 Å². The maximum Gasteiger partial charge on any atom is 0.259 e. The molecule has 1 aromatic carbocycles. The molecule has 0 radical (unpaired) electrons. The van der Waals surface area contributed by atoms with Crippen molar-refractivity contribution in [2.45, 2.75) is 59.0 Å². The molecule has 0 aromatic heterocycles. The molecule has 0 saturated carbocycles. The van der Waals surface area contributed by atoms with Crippen molar-refractivity contribution in [1.29, 1.82) is 5.26 Å². The summed E-state index contributed by atoms with van der Waals surface area (Å²) in [5, 5.41) is 8.87. The van der Waals surface area contributed by atoms with Gasteiger partial charge in [-0.1, -0.05) is 18.2 Å². The zero-order chi connectivity index (χ0) is 22.6. The van der Waals surface area contributed by atoms with Crippen LogP contribution in [0.25, 0.3) is 0 Å². The van der Waals surface area contributed by atoms with E-state index >= 15 is 0 Å². The largest absolute Gasteiger partial charge is 0.496 e. The highest BCUT2D eigenvalue weighted by atomic mass is 31.2. The van der Waals surface area contributed by atoms with Gasteiger partial charge in [-0.3, -0.25) is 0 Å². The van der Waals surface area contributed by atoms with E-state index < -0.39 is 8.53 Å². The first-order valence-electron chi connectivity index (χ1n) is 10.7. The summed E-state index contributed by atoms with van der Waals surface area (Å²) in [6, 6.07) is 10.7. The van der Waals surface area contributed by atoms with Crippen molar-refractivity contribution in [2.24, 2.45) is 5.92 Å². The van der Waals surface area contributed by atoms with Gasteiger partial charge < -0.3 is 23.3 Å². The van der Waals surface area contributed by atoms with Crippen molar-refractivity contribution < 1.29 is 23.3 Å². The van der Waals surface area contributed by atoms with Gasteiger partial charge in [-0.15, -0.1) is 0 Å². The third kappa shape index (κ3) is 7.97. The van der Waals surface area contributed by atoms with Crippen LogP contribution in [0.1, 0.15) is 46.1 Å². The minimum Gasteiger partial charge on any atom is -0.496 e. The summed E-state index contributed by atoms with van der Waals surface area (Å²) in [6.45, 7) is 9.64. The molecule has 0 aliphatic carbocycles. The molecule has 0 N–H and O–H groups in total. The maximum atomic E-state index is 8.87. The molecule has 1 aromatic rings. The van der Waals surface area contributed by atoms with Gasteiger partial charge in [0.1, 0.15) is 17.8 Å². The SMILES string of the molecule is COc1ccccc1CC(CCOP(OCCC#N)N(C(C)C)C(C)C)C1=COCO1. The zero-order valence-electron chi connectivity index (χ0n) is 19.2. The van der Waals surface area contributed by atoms with Gasteiger partial charge in [0.2, 0.25) is 6.79 Å². The van der Waals surface area contributed by atoms with Crippen molar-refractivity contribution in [3.63, 3.8) is 0 Å². The average molecular weight is 451 g/mol. The van der Waals surface area contributed by atoms with Gasteiger partial charge in [-0.2, -0.15) is 5.26 Å². The van der Waals surface area contributed by atoms with E-state index in [0.29, 0.717) is 19.6 Å². The fourth-order valence-electron chi connectivity index (χ4n) is 3.53.